The molecule has 21 heavy (non-hydrogen) atoms. The van der Waals surface area contributed by atoms with Crippen LogP contribution in [0.2, 0.25) is 0 Å². The maximum absolute atomic E-state index is 11.9. The van der Waals surface area contributed by atoms with E-state index < -0.39 is 24.4 Å². The second-order valence-corrected chi connectivity index (χ2v) is 5.28. The lowest BCUT2D eigenvalue weighted by Gasteiger charge is -2.34. The summed E-state index contributed by atoms with van der Waals surface area (Å²) in [5.74, 6) is -0.203. The third-order valence-electron chi connectivity index (χ3n) is 3.65. The van der Waals surface area contributed by atoms with Crippen molar-refractivity contribution in [3.05, 3.63) is 41.5 Å². The minimum absolute atomic E-state index is 0.0344. The van der Waals surface area contributed by atoms with E-state index in [-0.39, 0.29) is 18.8 Å². The molecule has 1 fully saturated rings. The van der Waals surface area contributed by atoms with Gasteiger partial charge in [-0.15, -0.1) is 0 Å². The summed E-state index contributed by atoms with van der Waals surface area (Å²) < 4.78 is 5.20. The average Bonchev–Trinajstić information content (AvgIpc) is 2.47. The van der Waals surface area contributed by atoms with Crippen LogP contribution in [-0.4, -0.2) is 52.1 Å². The van der Waals surface area contributed by atoms with Gasteiger partial charge in [-0.3, -0.25) is 4.79 Å². The minimum atomic E-state index is -1.28. The number of hydrogen-bond acceptors (Lipinski definition) is 5. The number of aryl methyl sites for hydroxylation is 1. The Kier molecular flexibility index (Phi) is 5.25. The molecule has 1 aliphatic heterocycles. The van der Waals surface area contributed by atoms with Gasteiger partial charge < -0.3 is 20.1 Å². The Morgan fingerprint density at radius 1 is 1.29 bits per heavy atom. The Hall–Kier alpha value is -1.53. The first-order chi connectivity index (χ1) is 9.99. The molecule has 1 aromatic carbocycles. The lowest BCUT2D eigenvalue weighted by atomic mass is 9.96. The molecule has 114 valence electrons. The van der Waals surface area contributed by atoms with Crippen LogP contribution in [0.1, 0.15) is 17.5 Å². The van der Waals surface area contributed by atoms with Gasteiger partial charge in [-0.2, -0.15) is 0 Å². The van der Waals surface area contributed by atoms with Gasteiger partial charge in [0.25, 0.3) is 0 Å². The molecule has 1 heterocycles. The van der Waals surface area contributed by atoms with Crippen molar-refractivity contribution < 1.29 is 24.9 Å². The Balaban J connectivity index is 1.94. The fourth-order valence-corrected chi connectivity index (χ4v) is 2.27. The van der Waals surface area contributed by atoms with Crippen LogP contribution in [0, 0.1) is 6.92 Å². The first-order valence-corrected chi connectivity index (χ1v) is 6.91. The van der Waals surface area contributed by atoms with Crippen molar-refractivity contribution >= 4 is 11.9 Å². The van der Waals surface area contributed by atoms with Crippen LogP contribution < -0.4 is 0 Å². The molecule has 1 aliphatic rings. The number of ketones is 1. The number of allylic oxidation sites excluding steroid dienone is 1. The zero-order valence-electron chi connectivity index (χ0n) is 11.8. The van der Waals surface area contributed by atoms with Crippen molar-refractivity contribution in [1.29, 1.82) is 0 Å². The van der Waals surface area contributed by atoms with Crippen LogP contribution in [0.4, 0.5) is 0 Å². The zero-order valence-corrected chi connectivity index (χ0v) is 11.8. The van der Waals surface area contributed by atoms with Gasteiger partial charge in [-0.05, 0) is 24.1 Å². The van der Waals surface area contributed by atoms with Crippen molar-refractivity contribution in [2.24, 2.45) is 0 Å². The zero-order chi connectivity index (χ0) is 15.4. The number of aliphatic hydroxyl groups excluding tert-OH is 3. The Bertz CT molecular complexity index is 525. The maximum Gasteiger partial charge on any atom is 0.158 e. The van der Waals surface area contributed by atoms with Crippen molar-refractivity contribution in [3.8, 4) is 0 Å². The molecule has 1 saturated heterocycles. The van der Waals surface area contributed by atoms with E-state index in [9.17, 15) is 20.1 Å². The van der Waals surface area contributed by atoms with E-state index >= 15 is 0 Å². The first-order valence-electron chi connectivity index (χ1n) is 6.91. The van der Waals surface area contributed by atoms with Gasteiger partial charge in [0.05, 0.1) is 12.7 Å². The molecule has 0 aliphatic carbocycles. The molecule has 3 N–H and O–H groups in total. The first kappa shape index (κ1) is 15.9. The fourth-order valence-electron chi connectivity index (χ4n) is 2.27. The molecular weight excluding hydrogens is 272 g/mol. The van der Waals surface area contributed by atoms with Crippen LogP contribution in [0.3, 0.4) is 0 Å². The molecule has 5 nitrogen and oxygen atoms in total. The summed E-state index contributed by atoms with van der Waals surface area (Å²) >= 11 is 0. The molecule has 2 rings (SSSR count). The lowest BCUT2D eigenvalue weighted by Crippen LogP contribution is -2.53. The van der Waals surface area contributed by atoms with Gasteiger partial charge >= 0.3 is 0 Å². The Labute approximate surface area is 123 Å². The van der Waals surface area contributed by atoms with Crippen molar-refractivity contribution in [2.75, 3.05) is 6.61 Å². The summed E-state index contributed by atoms with van der Waals surface area (Å²) in [6.07, 6.45) is -1.32. The van der Waals surface area contributed by atoms with Crippen molar-refractivity contribution in [2.45, 2.75) is 37.8 Å². The standard InChI is InChI=1S/C16H20O5/c1-10-4-2-3-5-11(10)6-7-12(17)8-14-16(20)15(19)13(18)9-21-14/h2-7,13-16,18-20H,8-9H2,1H3/b7-6+/t13-,14+,15+,16+/m1/s1. The predicted molar refractivity (Wildman–Crippen MR) is 77.6 cm³/mol. The highest BCUT2D eigenvalue weighted by Gasteiger charge is 2.37. The van der Waals surface area contributed by atoms with Gasteiger partial charge in [0.2, 0.25) is 0 Å². The molecule has 0 aromatic heterocycles. The molecule has 4 atom stereocenters. The van der Waals surface area contributed by atoms with Gasteiger partial charge in [0.15, 0.2) is 5.78 Å². The quantitative estimate of drug-likeness (QED) is 0.701. The summed E-state index contributed by atoms with van der Waals surface area (Å²) in [5.41, 5.74) is 2.01. The SMILES string of the molecule is Cc1ccccc1/C=C/C(=O)C[C@@H]1OC[C@@H](O)[C@H](O)[C@H]1O. The summed E-state index contributed by atoms with van der Waals surface area (Å²) in [7, 11) is 0. The van der Waals surface area contributed by atoms with E-state index in [1.54, 1.807) is 6.08 Å². The summed E-state index contributed by atoms with van der Waals surface area (Å²) in [5, 5.41) is 28.7. The third kappa shape index (κ3) is 3.98. The summed E-state index contributed by atoms with van der Waals surface area (Å²) in [6.45, 7) is 1.87. The van der Waals surface area contributed by atoms with Gasteiger partial charge in [-0.1, -0.05) is 30.3 Å². The monoisotopic (exact) mass is 292 g/mol. The summed E-state index contributed by atoms with van der Waals surface area (Å²) in [6, 6.07) is 7.68. The highest BCUT2D eigenvalue weighted by atomic mass is 16.5. The number of aliphatic hydroxyl groups is 3. The van der Waals surface area contributed by atoms with Crippen LogP contribution in [-0.2, 0) is 9.53 Å². The Morgan fingerprint density at radius 3 is 2.71 bits per heavy atom. The molecule has 0 radical (unpaired) electrons. The number of carbonyl (C=O) groups is 1. The molecule has 1 aromatic rings. The maximum atomic E-state index is 11.9. The van der Waals surface area contributed by atoms with Crippen LogP contribution in [0.15, 0.2) is 30.3 Å². The van der Waals surface area contributed by atoms with E-state index in [1.165, 1.54) is 6.08 Å². The van der Waals surface area contributed by atoms with E-state index in [2.05, 4.69) is 0 Å². The summed E-state index contributed by atoms with van der Waals surface area (Å²) in [4.78, 5) is 11.9. The molecule has 0 saturated carbocycles. The number of hydrogen-bond donors (Lipinski definition) is 3. The topological polar surface area (TPSA) is 87.0 Å². The molecule has 0 unspecified atom stereocenters. The van der Waals surface area contributed by atoms with Crippen LogP contribution in [0.25, 0.3) is 6.08 Å². The Morgan fingerprint density at radius 2 is 2.00 bits per heavy atom. The number of ether oxygens (including phenoxy) is 1. The third-order valence-corrected chi connectivity index (χ3v) is 3.65. The second kappa shape index (κ2) is 6.95. The number of rotatable bonds is 4. The fraction of sp³-hybridized carbons (Fsp3) is 0.438. The van der Waals surface area contributed by atoms with Gasteiger partial charge in [-0.25, -0.2) is 0 Å². The smallest absolute Gasteiger partial charge is 0.158 e. The van der Waals surface area contributed by atoms with Crippen LogP contribution in [0.5, 0.6) is 0 Å². The van der Waals surface area contributed by atoms with E-state index in [1.807, 2.05) is 31.2 Å². The van der Waals surface area contributed by atoms with Crippen molar-refractivity contribution in [1.82, 2.24) is 0 Å². The molecular formula is C16H20O5. The highest BCUT2D eigenvalue weighted by molar-refractivity contribution is 5.94. The molecule has 0 spiro atoms. The number of benzene rings is 1. The van der Waals surface area contributed by atoms with Gasteiger partial charge in [0, 0.05) is 6.42 Å². The minimum Gasteiger partial charge on any atom is -0.388 e. The van der Waals surface area contributed by atoms with E-state index in [4.69, 9.17) is 4.74 Å². The van der Waals surface area contributed by atoms with E-state index in [0.29, 0.717) is 0 Å². The second-order valence-electron chi connectivity index (χ2n) is 5.28. The predicted octanol–water partition coefficient (Wildman–Crippen LogP) is 0.449. The lowest BCUT2D eigenvalue weighted by molar-refractivity contribution is -0.188. The van der Waals surface area contributed by atoms with Crippen molar-refractivity contribution in [3.63, 3.8) is 0 Å². The number of carbonyl (C=O) groups excluding carboxylic acids is 1. The largest absolute Gasteiger partial charge is 0.388 e. The normalized spacial score (nSPS) is 29.7. The average molecular weight is 292 g/mol. The highest BCUT2D eigenvalue weighted by Crippen LogP contribution is 2.19. The van der Waals surface area contributed by atoms with Crippen LogP contribution >= 0.6 is 0 Å². The molecule has 0 bridgehead atoms. The molecule has 5 heteroatoms. The molecule has 0 amide bonds. The van der Waals surface area contributed by atoms with Gasteiger partial charge in [0.1, 0.15) is 18.3 Å². The van der Waals surface area contributed by atoms with E-state index in [0.717, 1.165) is 11.1 Å².